The first-order valence-electron chi connectivity index (χ1n) is 10.0. The molecule has 0 saturated heterocycles. The van der Waals surface area contributed by atoms with Crippen molar-refractivity contribution in [3.63, 3.8) is 0 Å². The third kappa shape index (κ3) is 4.92. The van der Waals surface area contributed by atoms with E-state index in [4.69, 9.17) is 0 Å². The second kappa shape index (κ2) is 7.73. The fourth-order valence-electron chi connectivity index (χ4n) is 3.39. The number of aromatic nitrogens is 2. The number of rotatable bonds is 4. The molecule has 0 aliphatic heterocycles. The van der Waals surface area contributed by atoms with Crippen molar-refractivity contribution in [2.24, 2.45) is 5.92 Å². The van der Waals surface area contributed by atoms with E-state index in [1.54, 1.807) is 0 Å². The van der Waals surface area contributed by atoms with Crippen LogP contribution in [0.1, 0.15) is 83.5 Å². The van der Waals surface area contributed by atoms with Crippen molar-refractivity contribution in [1.29, 1.82) is 0 Å². The van der Waals surface area contributed by atoms with Crippen LogP contribution in [0.15, 0.2) is 16.9 Å². The molecule has 1 aromatic heterocycles. The van der Waals surface area contributed by atoms with Crippen LogP contribution in [0.2, 0.25) is 0 Å². The van der Waals surface area contributed by atoms with Crippen molar-refractivity contribution in [3.8, 4) is 11.6 Å². The number of phenolic OH excluding ortho intramolecular Hbond substituents is 1. The largest absolute Gasteiger partial charge is 0.507 e. The van der Waals surface area contributed by atoms with E-state index in [-0.39, 0.29) is 46.2 Å². The minimum atomic E-state index is -0.638. The molecule has 2 rings (SSSR count). The van der Waals surface area contributed by atoms with Crippen LogP contribution >= 0.6 is 0 Å². The fraction of sp³-hybridized carbons (Fsp3) is 0.565. The maximum absolute atomic E-state index is 12.6. The Bertz CT molecular complexity index is 926. The van der Waals surface area contributed by atoms with Crippen LogP contribution in [0.4, 0.5) is 0 Å². The molecule has 0 fully saturated rings. The molecule has 1 aromatic carbocycles. The van der Waals surface area contributed by atoms with Crippen molar-refractivity contribution in [2.75, 3.05) is 0 Å². The second-order valence-corrected chi connectivity index (χ2v) is 10.3. The van der Waals surface area contributed by atoms with Crippen molar-refractivity contribution in [2.45, 2.75) is 79.1 Å². The van der Waals surface area contributed by atoms with E-state index in [1.165, 1.54) is 0 Å². The fourth-order valence-corrected chi connectivity index (χ4v) is 3.39. The maximum Gasteiger partial charge on any atom is 0.305 e. The molecule has 0 atom stereocenters. The topological polar surface area (TPSA) is 95.6 Å². The third-order valence-electron chi connectivity index (χ3n) is 4.95. The predicted octanol–water partition coefficient (Wildman–Crippen LogP) is 4.28. The first-order chi connectivity index (χ1) is 13.1. The molecule has 160 valence electrons. The van der Waals surface area contributed by atoms with Gasteiger partial charge in [-0.25, -0.2) is 4.98 Å². The van der Waals surface area contributed by atoms with E-state index >= 15 is 0 Å². The predicted molar refractivity (Wildman–Crippen MR) is 114 cm³/mol. The zero-order valence-electron chi connectivity index (χ0n) is 18.8. The highest BCUT2D eigenvalue weighted by Crippen LogP contribution is 2.40. The average Bonchev–Trinajstić information content (AvgIpc) is 2.55. The summed E-state index contributed by atoms with van der Waals surface area (Å²) in [5, 5.41) is 31.4. The van der Waals surface area contributed by atoms with E-state index < -0.39 is 5.56 Å². The van der Waals surface area contributed by atoms with E-state index in [2.05, 4.69) is 4.98 Å². The first kappa shape index (κ1) is 22.8. The van der Waals surface area contributed by atoms with Crippen LogP contribution in [-0.4, -0.2) is 25.1 Å². The molecule has 1 heterocycles. The Hall–Kier alpha value is -2.50. The highest BCUT2D eigenvalue weighted by Gasteiger charge is 2.27. The Labute approximate surface area is 172 Å². The lowest BCUT2D eigenvalue weighted by molar-refractivity contribution is 0.155. The molecule has 6 heteroatoms. The molecule has 0 radical (unpaired) electrons. The van der Waals surface area contributed by atoms with E-state index in [1.807, 2.05) is 67.5 Å². The molecular weight excluding hydrogens is 368 g/mol. The van der Waals surface area contributed by atoms with Crippen LogP contribution in [0.5, 0.6) is 11.6 Å². The van der Waals surface area contributed by atoms with Crippen molar-refractivity contribution >= 4 is 0 Å². The van der Waals surface area contributed by atoms with Gasteiger partial charge in [0.25, 0.3) is 0 Å². The summed E-state index contributed by atoms with van der Waals surface area (Å²) in [5.41, 5.74) is 1.30. The van der Waals surface area contributed by atoms with Gasteiger partial charge >= 0.3 is 5.56 Å². The van der Waals surface area contributed by atoms with Crippen LogP contribution in [-0.2, 0) is 23.7 Å². The standard InChI is InChI=1S/C23H34N2O4/c1-13(2)9-18-20(27)24-17(21(28)25(18)29)12-14-10-15(22(3,4)5)19(26)16(11-14)23(6,7)8/h10-11,13,26-27,29H,9,12H2,1-8H3. The van der Waals surface area contributed by atoms with Gasteiger partial charge in [0.05, 0.1) is 0 Å². The summed E-state index contributed by atoms with van der Waals surface area (Å²) in [6.07, 6.45) is 0.480. The van der Waals surface area contributed by atoms with Gasteiger partial charge in [-0.15, -0.1) is 4.73 Å². The van der Waals surface area contributed by atoms with Gasteiger partial charge in [-0.1, -0.05) is 67.5 Å². The molecule has 0 spiro atoms. The Morgan fingerprint density at radius 3 is 1.90 bits per heavy atom. The van der Waals surface area contributed by atoms with E-state index in [0.717, 1.165) is 16.7 Å². The van der Waals surface area contributed by atoms with Crippen LogP contribution in [0.3, 0.4) is 0 Å². The van der Waals surface area contributed by atoms with Gasteiger partial charge in [0.15, 0.2) is 0 Å². The zero-order valence-corrected chi connectivity index (χ0v) is 18.8. The second-order valence-electron chi connectivity index (χ2n) is 10.3. The lowest BCUT2D eigenvalue weighted by Crippen LogP contribution is -2.27. The maximum atomic E-state index is 12.6. The quantitative estimate of drug-likeness (QED) is 0.664. The SMILES string of the molecule is CC(C)Cc1c(O)nc(Cc2cc(C(C)(C)C)c(O)c(C(C)(C)C)c2)c(=O)n1O. The molecule has 29 heavy (non-hydrogen) atoms. The molecule has 3 N–H and O–H groups in total. The average molecular weight is 403 g/mol. The van der Waals surface area contributed by atoms with Crippen molar-refractivity contribution < 1.29 is 15.4 Å². The molecule has 0 unspecified atom stereocenters. The highest BCUT2D eigenvalue weighted by atomic mass is 16.5. The Morgan fingerprint density at radius 2 is 1.48 bits per heavy atom. The lowest BCUT2D eigenvalue weighted by atomic mass is 9.78. The molecule has 2 aromatic rings. The minimum absolute atomic E-state index is 0.0583. The minimum Gasteiger partial charge on any atom is -0.507 e. The van der Waals surface area contributed by atoms with Crippen LogP contribution in [0.25, 0.3) is 0 Å². The Kier molecular flexibility index (Phi) is 6.07. The molecule has 6 nitrogen and oxygen atoms in total. The Balaban J connectivity index is 2.62. The van der Waals surface area contributed by atoms with E-state index in [9.17, 15) is 20.2 Å². The number of phenols is 1. The molecular formula is C23H34N2O4. The molecule has 0 aliphatic rings. The molecule has 0 saturated carbocycles. The lowest BCUT2D eigenvalue weighted by Gasteiger charge is -2.28. The molecule has 0 amide bonds. The van der Waals surface area contributed by atoms with Crippen LogP contribution < -0.4 is 5.56 Å². The highest BCUT2D eigenvalue weighted by molar-refractivity contribution is 5.50. The summed E-state index contributed by atoms with van der Waals surface area (Å²) in [7, 11) is 0. The van der Waals surface area contributed by atoms with Crippen molar-refractivity contribution in [1.82, 2.24) is 9.71 Å². The van der Waals surface area contributed by atoms with Gasteiger partial charge in [0.1, 0.15) is 17.1 Å². The number of benzene rings is 1. The summed E-state index contributed by atoms with van der Waals surface area (Å²) < 4.78 is 0.507. The number of aromatic hydroxyl groups is 2. The summed E-state index contributed by atoms with van der Waals surface area (Å²) in [6, 6.07) is 3.74. The van der Waals surface area contributed by atoms with Gasteiger partial charge in [0.2, 0.25) is 5.88 Å². The number of hydrogen-bond acceptors (Lipinski definition) is 5. The van der Waals surface area contributed by atoms with E-state index in [0.29, 0.717) is 11.2 Å². The van der Waals surface area contributed by atoms with Crippen LogP contribution in [0, 0.1) is 5.92 Å². The van der Waals surface area contributed by atoms with Gasteiger partial charge < -0.3 is 15.4 Å². The number of nitrogens with zero attached hydrogens (tertiary/aromatic N) is 2. The van der Waals surface area contributed by atoms with Gasteiger partial charge in [-0.2, -0.15) is 0 Å². The van der Waals surface area contributed by atoms with Crippen molar-refractivity contribution in [3.05, 3.63) is 50.6 Å². The Morgan fingerprint density at radius 1 is 1.00 bits per heavy atom. The monoisotopic (exact) mass is 402 g/mol. The zero-order chi connectivity index (χ0) is 22.3. The van der Waals surface area contributed by atoms with Gasteiger partial charge in [0, 0.05) is 6.42 Å². The van der Waals surface area contributed by atoms with Gasteiger partial charge in [-0.05, 0) is 39.9 Å². The summed E-state index contributed by atoms with van der Waals surface area (Å²) in [6.45, 7) is 16.0. The summed E-state index contributed by atoms with van der Waals surface area (Å²) in [5.74, 6) is 0.0743. The summed E-state index contributed by atoms with van der Waals surface area (Å²) in [4.78, 5) is 16.7. The van der Waals surface area contributed by atoms with Gasteiger partial charge in [-0.3, -0.25) is 4.79 Å². The number of hydrogen-bond donors (Lipinski definition) is 3. The first-order valence-corrected chi connectivity index (χ1v) is 10.0. The summed E-state index contributed by atoms with van der Waals surface area (Å²) >= 11 is 0. The third-order valence-corrected chi connectivity index (χ3v) is 4.95. The normalized spacial score (nSPS) is 12.6. The smallest absolute Gasteiger partial charge is 0.305 e. The molecule has 0 aliphatic carbocycles. The molecule has 0 bridgehead atoms.